The zero-order chi connectivity index (χ0) is 10.8. The third-order valence-electron chi connectivity index (χ3n) is 1.88. The van der Waals surface area contributed by atoms with Crippen molar-refractivity contribution in [3.8, 4) is 11.5 Å². The first-order chi connectivity index (χ1) is 7.20. The second kappa shape index (κ2) is 3.73. The molecule has 0 spiro atoms. The SMILES string of the molecule is CC(C(=O)O)n1nnnc1-c1cscn1. The zero-order valence-electron chi connectivity index (χ0n) is 7.73. The molecule has 2 heterocycles. The highest BCUT2D eigenvalue weighted by atomic mass is 32.1. The molecule has 78 valence electrons. The highest BCUT2D eigenvalue weighted by molar-refractivity contribution is 7.07. The molecule has 2 rings (SSSR count). The third kappa shape index (κ3) is 1.71. The van der Waals surface area contributed by atoms with E-state index in [0.29, 0.717) is 11.5 Å². The number of thiazole rings is 1. The smallest absolute Gasteiger partial charge is 0.328 e. The van der Waals surface area contributed by atoms with E-state index in [9.17, 15) is 4.79 Å². The molecule has 0 saturated carbocycles. The minimum Gasteiger partial charge on any atom is -0.480 e. The van der Waals surface area contributed by atoms with Crippen molar-refractivity contribution in [1.82, 2.24) is 25.2 Å². The molecule has 2 aromatic rings. The molecule has 1 atom stereocenters. The number of aromatic nitrogens is 5. The lowest BCUT2D eigenvalue weighted by Crippen LogP contribution is -2.18. The van der Waals surface area contributed by atoms with Crippen LogP contribution in [-0.2, 0) is 4.79 Å². The molecule has 7 nitrogen and oxygen atoms in total. The van der Waals surface area contributed by atoms with Gasteiger partial charge in [-0.1, -0.05) is 0 Å². The van der Waals surface area contributed by atoms with Gasteiger partial charge in [0.25, 0.3) is 0 Å². The Balaban J connectivity index is 2.43. The van der Waals surface area contributed by atoms with E-state index < -0.39 is 12.0 Å². The lowest BCUT2D eigenvalue weighted by molar-refractivity contribution is -0.140. The normalized spacial score (nSPS) is 12.6. The molecule has 2 aromatic heterocycles. The predicted molar refractivity (Wildman–Crippen MR) is 51.3 cm³/mol. The van der Waals surface area contributed by atoms with Crippen LogP contribution in [0.4, 0.5) is 0 Å². The fourth-order valence-electron chi connectivity index (χ4n) is 1.05. The Hall–Kier alpha value is -1.83. The minimum absolute atomic E-state index is 0.367. The van der Waals surface area contributed by atoms with Gasteiger partial charge in [0.05, 0.1) is 5.51 Å². The molecule has 0 aliphatic heterocycles. The van der Waals surface area contributed by atoms with Gasteiger partial charge in [-0.25, -0.2) is 14.5 Å². The number of carbonyl (C=O) groups is 1. The molecule has 1 unspecified atom stereocenters. The molecule has 0 saturated heterocycles. The first-order valence-corrected chi connectivity index (χ1v) is 5.03. The van der Waals surface area contributed by atoms with Crippen LogP contribution in [0.3, 0.4) is 0 Å². The number of rotatable bonds is 3. The summed E-state index contributed by atoms with van der Waals surface area (Å²) in [6, 6.07) is -0.809. The number of carboxylic acids is 1. The Morgan fingerprint density at radius 3 is 3.07 bits per heavy atom. The Bertz CT molecular complexity index is 465. The maximum Gasteiger partial charge on any atom is 0.328 e. The topological polar surface area (TPSA) is 93.8 Å². The Morgan fingerprint density at radius 2 is 2.47 bits per heavy atom. The summed E-state index contributed by atoms with van der Waals surface area (Å²) < 4.78 is 1.23. The Kier molecular flexibility index (Phi) is 2.42. The van der Waals surface area contributed by atoms with E-state index in [1.54, 1.807) is 10.9 Å². The van der Waals surface area contributed by atoms with Crippen LogP contribution in [0.25, 0.3) is 11.5 Å². The van der Waals surface area contributed by atoms with Crippen LogP contribution in [0.15, 0.2) is 10.9 Å². The molecule has 0 radical (unpaired) electrons. The maximum atomic E-state index is 10.8. The van der Waals surface area contributed by atoms with E-state index >= 15 is 0 Å². The molecule has 8 heteroatoms. The van der Waals surface area contributed by atoms with E-state index in [0.717, 1.165) is 0 Å². The van der Waals surface area contributed by atoms with Crippen molar-refractivity contribution in [1.29, 1.82) is 0 Å². The van der Waals surface area contributed by atoms with E-state index in [2.05, 4.69) is 20.5 Å². The molecule has 0 fully saturated rings. The molecule has 0 amide bonds. The van der Waals surface area contributed by atoms with Gasteiger partial charge in [-0.2, -0.15) is 0 Å². The lowest BCUT2D eigenvalue weighted by atomic mass is 10.3. The Labute approximate surface area is 88.4 Å². The van der Waals surface area contributed by atoms with E-state index in [1.165, 1.54) is 22.9 Å². The molecule has 1 N–H and O–H groups in total. The summed E-state index contributed by atoms with van der Waals surface area (Å²) in [5.41, 5.74) is 2.22. The number of aliphatic carboxylic acids is 1. The van der Waals surface area contributed by atoms with Gasteiger partial charge >= 0.3 is 5.97 Å². The van der Waals surface area contributed by atoms with Gasteiger partial charge < -0.3 is 5.11 Å². The van der Waals surface area contributed by atoms with Crippen LogP contribution in [0.2, 0.25) is 0 Å². The Morgan fingerprint density at radius 1 is 1.67 bits per heavy atom. The number of hydrogen-bond acceptors (Lipinski definition) is 6. The second-order valence-electron chi connectivity index (χ2n) is 2.83. The molecule has 0 bridgehead atoms. The first kappa shape index (κ1) is 9.71. The third-order valence-corrected chi connectivity index (χ3v) is 2.46. The molecular formula is C7H7N5O2S. The van der Waals surface area contributed by atoms with Crippen LogP contribution in [0, 0.1) is 0 Å². The van der Waals surface area contributed by atoms with Gasteiger partial charge in [-0.3, -0.25) is 0 Å². The monoisotopic (exact) mass is 225 g/mol. The van der Waals surface area contributed by atoms with Crippen molar-refractivity contribution >= 4 is 17.3 Å². The van der Waals surface area contributed by atoms with Crippen LogP contribution in [-0.4, -0.2) is 36.3 Å². The number of carboxylic acid groups (broad SMARTS) is 1. The summed E-state index contributed by atoms with van der Waals surface area (Å²) in [6.45, 7) is 1.51. The molecule has 0 aromatic carbocycles. The summed E-state index contributed by atoms with van der Waals surface area (Å²) in [4.78, 5) is 14.8. The summed E-state index contributed by atoms with van der Waals surface area (Å²) in [5, 5.41) is 21.4. The summed E-state index contributed by atoms with van der Waals surface area (Å²) in [5.74, 6) is -0.620. The van der Waals surface area contributed by atoms with Crippen molar-refractivity contribution in [2.24, 2.45) is 0 Å². The van der Waals surface area contributed by atoms with Crippen molar-refractivity contribution in [3.05, 3.63) is 10.9 Å². The van der Waals surface area contributed by atoms with Crippen LogP contribution in [0.5, 0.6) is 0 Å². The highest BCUT2D eigenvalue weighted by Crippen LogP contribution is 2.18. The molecular weight excluding hydrogens is 218 g/mol. The quantitative estimate of drug-likeness (QED) is 0.814. The molecule has 0 aliphatic rings. The highest BCUT2D eigenvalue weighted by Gasteiger charge is 2.20. The fraction of sp³-hybridized carbons (Fsp3) is 0.286. The van der Waals surface area contributed by atoms with E-state index in [4.69, 9.17) is 5.11 Å². The predicted octanol–water partition coefficient (Wildman–Crippen LogP) is 0.442. The van der Waals surface area contributed by atoms with E-state index in [-0.39, 0.29) is 0 Å². The van der Waals surface area contributed by atoms with Gasteiger partial charge in [0, 0.05) is 5.38 Å². The fourth-order valence-corrected chi connectivity index (χ4v) is 1.58. The first-order valence-electron chi connectivity index (χ1n) is 4.09. The van der Waals surface area contributed by atoms with Crippen molar-refractivity contribution < 1.29 is 9.90 Å². The summed E-state index contributed by atoms with van der Waals surface area (Å²) >= 11 is 1.40. The summed E-state index contributed by atoms with van der Waals surface area (Å²) in [7, 11) is 0. The van der Waals surface area contributed by atoms with Crippen LogP contribution in [0.1, 0.15) is 13.0 Å². The van der Waals surface area contributed by atoms with Gasteiger partial charge in [0.1, 0.15) is 5.69 Å². The maximum absolute atomic E-state index is 10.8. The molecule has 0 aliphatic carbocycles. The average Bonchev–Trinajstić information content (AvgIpc) is 2.86. The summed E-state index contributed by atoms with van der Waals surface area (Å²) in [6.07, 6.45) is 0. The van der Waals surface area contributed by atoms with Crippen molar-refractivity contribution in [2.75, 3.05) is 0 Å². The van der Waals surface area contributed by atoms with Gasteiger partial charge in [-0.05, 0) is 17.4 Å². The lowest BCUT2D eigenvalue weighted by Gasteiger charge is -2.06. The minimum atomic E-state index is -0.987. The average molecular weight is 225 g/mol. The second-order valence-corrected chi connectivity index (χ2v) is 3.55. The molecule has 15 heavy (non-hydrogen) atoms. The number of nitrogens with zero attached hydrogens (tertiary/aromatic N) is 5. The van der Waals surface area contributed by atoms with Crippen LogP contribution >= 0.6 is 11.3 Å². The largest absolute Gasteiger partial charge is 0.480 e. The van der Waals surface area contributed by atoms with Crippen LogP contribution < -0.4 is 0 Å². The van der Waals surface area contributed by atoms with Gasteiger partial charge in [-0.15, -0.1) is 16.4 Å². The number of hydrogen-bond donors (Lipinski definition) is 1. The number of tetrazole rings is 1. The van der Waals surface area contributed by atoms with Gasteiger partial charge in [0.2, 0.25) is 5.82 Å². The van der Waals surface area contributed by atoms with Crippen molar-refractivity contribution in [3.63, 3.8) is 0 Å². The van der Waals surface area contributed by atoms with E-state index in [1.807, 2.05) is 0 Å². The zero-order valence-corrected chi connectivity index (χ0v) is 8.55. The van der Waals surface area contributed by atoms with Gasteiger partial charge in [0.15, 0.2) is 6.04 Å². The van der Waals surface area contributed by atoms with Crippen molar-refractivity contribution in [2.45, 2.75) is 13.0 Å². The standard InChI is InChI=1S/C7H7N5O2S/c1-4(7(13)14)12-6(9-10-11-12)5-2-15-3-8-5/h2-4H,1H3,(H,13,14).